The second-order valence-electron chi connectivity index (χ2n) is 8.04. The van der Waals surface area contributed by atoms with Gasteiger partial charge in [0.25, 0.3) is 0 Å². The zero-order valence-corrected chi connectivity index (χ0v) is 17.0. The lowest BCUT2D eigenvalue weighted by Crippen LogP contribution is -2.45. The van der Waals surface area contributed by atoms with Gasteiger partial charge >= 0.3 is 0 Å². The van der Waals surface area contributed by atoms with Crippen molar-refractivity contribution in [1.29, 1.82) is 0 Å². The number of carbonyl (C=O) groups is 1. The minimum absolute atomic E-state index is 0.0445. The van der Waals surface area contributed by atoms with Crippen LogP contribution in [0.3, 0.4) is 0 Å². The number of fused-ring (bicyclic) bond motifs is 1. The van der Waals surface area contributed by atoms with E-state index in [1.807, 2.05) is 20.8 Å². The average Bonchev–Trinajstić information content (AvgIpc) is 3.00. The molecule has 2 aromatic rings. The van der Waals surface area contributed by atoms with Gasteiger partial charge in [0.1, 0.15) is 17.4 Å². The summed E-state index contributed by atoms with van der Waals surface area (Å²) >= 11 is 0. The minimum atomic E-state index is 0.0445. The van der Waals surface area contributed by atoms with E-state index >= 15 is 0 Å². The summed E-state index contributed by atoms with van der Waals surface area (Å²) in [6, 6.07) is 0.211. The number of amides is 1. The molecule has 150 valence electrons. The van der Waals surface area contributed by atoms with Crippen molar-refractivity contribution in [1.82, 2.24) is 20.4 Å². The largest absolute Gasteiger partial charge is 0.361 e. The van der Waals surface area contributed by atoms with Crippen LogP contribution in [0.15, 0.2) is 4.52 Å². The zero-order valence-electron chi connectivity index (χ0n) is 17.0. The highest BCUT2D eigenvalue weighted by Crippen LogP contribution is 2.29. The average molecular weight is 383 g/mol. The minimum Gasteiger partial charge on any atom is -0.361 e. The van der Waals surface area contributed by atoms with E-state index in [9.17, 15) is 4.79 Å². The molecule has 0 radical (unpaired) electrons. The summed E-state index contributed by atoms with van der Waals surface area (Å²) in [4.78, 5) is 24.3. The lowest BCUT2D eigenvalue weighted by Gasteiger charge is -2.35. The summed E-state index contributed by atoms with van der Waals surface area (Å²) in [5.74, 6) is 2.77. The standard InChI is InChI=1S/C21H29N5O2/c1-13-18(14(2)28-25-13)12-20(27)24-16-8-10-26(11-9-16)21-17-6-4-5-7-19(17)22-15(3)23-21/h16H,4-12H2,1-3H3,(H,24,27). The topological polar surface area (TPSA) is 84.2 Å². The SMILES string of the molecule is Cc1nc2c(c(N3CCC(NC(=O)Cc4c(C)noc4C)CC3)n1)CCCC2. The Bertz CT molecular complexity index is 848. The van der Waals surface area contributed by atoms with Crippen molar-refractivity contribution in [2.24, 2.45) is 0 Å². The normalized spacial score (nSPS) is 17.5. The van der Waals surface area contributed by atoms with Crippen molar-refractivity contribution >= 4 is 11.7 Å². The summed E-state index contributed by atoms with van der Waals surface area (Å²) in [6.45, 7) is 7.55. The van der Waals surface area contributed by atoms with Gasteiger partial charge in [-0.25, -0.2) is 9.97 Å². The van der Waals surface area contributed by atoms with Crippen LogP contribution in [-0.4, -0.2) is 40.2 Å². The van der Waals surface area contributed by atoms with Crippen molar-refractivity contribution in [2.45, 2.75) is 71.8 Å². The Labute approximate surface area is 165 Å². The molecule has 4 rings (SSSR count). The summed E-state index contributed by atoms with van der Waals surface area (Å²) in [6.07, 6.45) is 6.80. The molecular formula is C21H29N5O2. The molecule has 0 unspecified atom stereocenters. The second-order valence-corrected chi connectivity index (χ2v) is 8.04. The number of rotatable bonds is 4. The molecule has 28 heavy (non-hydrogen) atoms. The zero-order chi connectivity index (χ0) is 19.7. The van der Waals surface area contributed by atoms with Gasteiger partial charge in [0.15, 0.2) is 0 Å². The maximum atomic E-state index is 12.5. The third-order valence-corrected chi connectivity index (χ3v) is 5.95. The lowest BCUT2D eigenvalue weighted by molar-refractivity contribution is -0.121. The molecule has 2 aromatic heterocycles. The van der Waals surface area contributed by atoms with Crippen molar-refractivity contribution in [2.75, 3.05) is 18.0 Å². The second kappa shape index (κ2) is 7.89. The van der Waals surface area contributed by atoms with Crippen LogP contribution in [0.1, 0.15) is 59.8 Å². The van der Waals surface area contributed by atoms with E-state index in [2.05, 4.69) is 20.4 Å². The molecule has 1 fully saturated rings. The van der Waals surface area contributed by atoms with Crippen LogP contribution >= 0.6 is 0 Å². The van der Waals surface area contributed by atoms with E-state index in [0.29, 0.717) is 6.42 Å². The van der Waals surface area contributed by atoms with Crippen molar-refractivity contribution < 1.29 is 9.32 Å². The molecule has 0 spiro atoms. The van der Waals surface area contributed by atoms with E-state index in [0.717, 1.165) is 67.4 Å². The predicted octanol–water partition coefficient (Wildman–Crippen LogP) is 2.60. The molecule has 7 heteroatoms. The molecule has 1 aliphatic heterocycles. The number of anilines is 1. The van der Waals surface area contributed by atoms with Gasteiger partial charge in [0.05, 0.1) is 12.1 Å². The Morgan fingerprint density at radius 3 is 2.61 bits per heavy atom. The van der Waals surface area contributed by atoms with Crippen LogP contribution in [0.25, 0.3) is 0 Å². The highest BCUT2D eigenvalue weighted by molar-refractivity contribution is 5.79. The molecule has 0 saturated carbocycles. The van der Waals surface area contributed by atoms with Gasteiger partial charge in [-0.15, -0.1) is 0 Å². The fraction of sp³-hybridized carbons (Fsp3) is 0.619. The molecular weight excluding hydrogens is 354 g/mol. The van der Waals surface area contributed by atoms with E-state index in [4.69, 9.17) is 9.51 Å². The number of nitrogens with zero attached hydrogens (tertiary/aromatic N) is 4. The summed E-state index contributed by atoms with van der Waals surface area (Å²) in [7, 11) is 0. The van der Waals surface area contributed by atoms with Gasteiger partial charge in [-0.05, 0) is 59.3 Å². The van der Waals surface area contributed by atoms with E-state index < -0.39 is 0 Å². The third kappa shape index (κ3) is 3.88. The molecule has 1 N–H and O–H groups in total. The Hall–Kier alpha value is -2.44. The van der Waals surface area contributed by atoms with Gasteiger partial charge in [0.2, 0.25) is 5.91 Å². The fourth-order valence-electron chi connectivity index (χ4n) is 4.39. The monoisotopic (exact) mass is 383 g/mol. The van der Waals surface area contributed by atoms with Gasteiger partial charge in [-0.3, -0.25) is 4.79 Å². The molecule has 1 amide bonds. The van der Waals surface area contributed by atoms with Crippen LogP contribution in [0.4, 0.5) is 5.82 Å². The number of hydrogen-bond donors (Lipinski definition) is 1. The predicted molar refractivity (Wildman–Crippen MR) is 106 cm³/mol. The van der Waals surface area contributed by atoms with E-state index in [-0.39, 0.29) is 11.9 Å². The van der Waals surface area contributed by atoms with Gasteiger partial charge < -0.3 is 14.7 Å². The Balaban J connectivity index is 1.36. The van der Waals surface area contributed by atoms with Crippen LogP contribution in [0.2, 0.25) is 0 Å². The summed E-state index contributed by atoms with van der Waals surface area (Å²) < 4.78 is 5.16. The molecule has 7 nitrogen and oxygen atoms in total. The lowest BCUT2D eigenvalue weighted by atomic mass is 9.95. The number of hydrogen-bond acceptors (Lipinski definition) is 6. The molecule has 2 aliphatic rings. The first-order valence-corrected chi connectivity index (χ1v) is 10.3. The molecule has 1 saturated heterocycles. The molecule has 0 aromatic carbocycles. The maximum absolute atomic E-state index is 12.5. The molecule has 1 aliphatic carbocycles. The number of aromatic nitrogens is 3. The first-order chi connectivity index (χ1) is 13.5. The van der Waals surface area contributed by atoms with Crippen molar-refractivity contribution in [3.8, 4) is 0 Å². The van der Waals surface area contributed by atoms with Crippen LogP contribution in [0.5, 0.6) is 0 Å². The quantitative estimate of drug-likeness (QED) is 0.874. The Morgan fingerprint density at radius 1 is 1.14 bits per heavy atom. The summed E-state index contributed by atoms with van der Waals surface area (Å²) in [5, 5.41) is 7.12. The molecule has 0 atom stereocenters. The number of carbonyl (C=O) groups excluding carboxylic acids is 1. The highest BCUT2D eigenvalue weighted by atomic mass is 16.5. The molecule has 3 heterocycles. The van der Waals surface area contributed by atoms with Gasteiger partial charge in [-0.2, -0.15) is 0 Å². The number of aryl methyl sites for hydroxylation is 4. The smallest absolute Gasteiger partial charge is 0.224 e. The first kappa shape index (κ1) is 18.9. The Kier molecular flexibility index (Phi) is 5.33. The van der Waals surface area contributed by atoms with Crippen molar-refractivity contribution in [3.63, 3.8) is 0 Å². The van der Waals surface area contributed by atoms with Gasteiger partial charge in [-0.1, -0.05) is 5.16 Å². The maximum Gasteiger partial charge on any atom is 0.224 e. The van der Waals surface area contributed by atoms with Crippen LogP contribution in [0, 0.1) is 20.8 Å². The number of piperidine rings is 1. The van der Waals surface area contributed by atoms with E-state index in [1.54, 1.807) is 0 Å². The number of nitrogens with one attached hydrogen (secondary N) is 1. The third-order valence-electron chi connectivity index (χ3n) is 5.95. The highest BCUT2D eigenvalue weighted by Gasteiger charge is 2.26. The van der Waals surface area contributed by atoms with Crippen molar-refractivity contribution in [3.05, 3.63) is 34.1 Å². The van der Waals surface area contributed by atoms with Crippen LogP contribution < -0.4 is 10.2 Å². The van der Waals surface area contributed by atoms with Crippen LogP contribution in [-0.2, 0) is 24.1 Å². The Morgan fingerprint density at radius 2 is 1.89 bits per heavy atom. The summed E-state index contributed by atoms with van der Waals surface area (Å²) in [5.41, 5.74) is 4.28. The first-order valence-electron chi connectivity index (χ1n) is 10.3. The van der Waals surface area contributed by atoms with Gasteiger partial charge in [0, 0.05) is 36.0 Å². The fourth-order valence-corrected chi connectivity index (χ4v) is 4.39. The molecule has 0 bridgehead atoms. The van der Waals surface area contributed by atoms with E-state index in [1.165, 1.54) is 24.1 Å².